The molecule has 0 saturated heterocycles. The summed E-state index contributed by atoms with van der Waals surface area (Å²) in [5, 5.41) is 9.19. The summed E-state index contributed by atoms with van der Waals surface area (Å²) in [6, 6.07) is 6.56. The molecule has 0 bridgehead atoms. The molecule has 9 heteroatoms. The highest BCUT2D eigenvalue weighted by Crippen LogP contribution is 2.31. The third kappa shape index (κ3) is 4.10. The molecule has 5 nitrogen and oxygen atoms in total. The van der Waals surface area contributed by atoms with E-state index in [4.69, 9.17) is 0 Å². The Balaban J connectivity index is 1.68. The van der Waals surface area contributed by atoms with Crippen LogP contribution in [0, 0.1) is 6.92 Å². The first kappa shape index (κ1) is 18.1. The van der Waals surface area contributed by atoms with Crippen LogP contribution in [0.2, 0.25) is 0 Å². The molecule has 0 aliphatic heterocycles. The first-order valence-electron chi connectivity index (χ1n) is 7.65. The SMILES string of the molecule is Cc1cc(NC(=O)Cc2csc(-c3ccc(C(F)(F)F)cc3)n2)n(C)n1. The van der Waals surface area contributed by atoms with Gasteiger partial charge in [-0.05, 0) is 19.1 Å². The van der Waals surface area contributed by atoms with E-state index < -0.39 is 11.7 Å². The summed E-state index contributed by atoms with van der Waals surface area (Å²) in [4.78, 5) is 16.5. The van der Waals surface area contributed by atoms with Crippen molar-refractivity contribution in [3.63, 3.8) is 0 Å². The van der Waals surface area contributed by atoms with Crippen molar-refractivity contribution in [2.75, 3.05) is 5.32 Å². The molecule has 26 heavy (non-hydrogen) atoms. The second-order valence-electron chi connectivity index (χ2n) is 5.74. The zero-order valence-electron chi connectivity index (χ0n) is 14.0. The van der Waals surface area contributed by atoms with Gasteiger partial charge in [-0.2, -0.15) is 18.3 Å². The lowest BCUT2D eigenvalue weighted by molar-refractivity contribution is -0.137. The van der Waals surface area contributed by atoms with Crippen molar-refractivity contribution >= 4 is 23.1 Å². The predicted octanol–water partition coefficient (Wildman–Crippen LogP) is 4.05. The number of hydrogen-bond donors (Lipinski definition) is 1. The van der Waals surface area contributed by atoms with Gasteiger partial charge in [-0.3, -0.25) is 9.48 Å². The average molecular weight is 380 g/mol. The highest BCUT2D eigenvalue weighted by molar-refractivity contribution is 7.13. The van der Waals surface area contributed by atoms with Gasteiger partial charge in [0, 0.05) is 24.1 Å². The van der Waals surface area contributed by atoms with E-state index in [1.54, 1.807) is 23.2 Å². The van der Waals surface area contributed by atoms with Crippen molar-refractivity contribution in [2.24, 2.45) is 7.05 Å². The third-order valence-electron chi connectivity index (χ3n) is 3.62. The summed E-state index contributed by atoms with van der Waals surface area (Å²) in [5.74, 6) is 0.350. The van der Waals surface area contributed by atoms with Crippen molar-refractivity contribution in [2.45, 2.75) is 19.5 Å². The van der Waals surface area contributed by atoms with Gasteiger partial charge in [0.05, 0.1) is 23.4 Å². The number of amides is 1. The maximum absolute atomic E-state index is 12.6. The number of aromatic nitrogens is 3. The lowest BCUT2D eigenvalue weighted by atomic mass is 10.1. The van der Waals surface area contributed by atoms with Crippen LogP contribution in [0.3, 0.4) is 0 Å². The quantitative estimate of drug-likeness (QED) is 0.743. The summed E-state index contributed by atoms with van der Waals surface area (Å²) >= 11 is 1.28. The van der Waals surface area contributed by atoms with E-state index in [0.29, 0.717) is 22.1 Å². The number of nitrogens with zero attached hydrogens (tertiary/aromatic N) is 3. The van der Waals surface area contributed by atoms with E-state index in [-0.39, 0.29) is 12.3 Å². The molecule has 3 aromatic rings. The highest BCUT2D eigenvalue weighted by Gasteiger charge is 2.30. The number of benzene rings is 1. The molecule has 2 heterocycles. The minimum atomic E-state index is -4.37. The van der Waals surface area contributed by atoms with Crippen LogP contribution in [-0.2, 0) is 24.4 Å². The molecule has 0 spiro atoms. The third-order valence-corrected chi connectivity index (χ3v) is 4.56. The summed E-state index contributed by atoms with van der Waals surface area (Å²) in [7, 11) is 1.73. The maximum Gasteiger partial charge on any atom is 0.416 e. The lowest BCUT2D eigenvalue weighted by Crippen LogP contribution is -2.16. The molecule has 0 aliphatic carbocycles. The Kier molecular flexibility index (Phi) is 4.82. The first-order valence-corrected chi connectivity index (χ1v) is 8.53. The number of carbonyl (C=O) groups excluding carboxylic acids is 1. The molecule has 0 fully saturated rings. The topological polar surface area (TPSA) is 59.8 Å². The van der Waals surface area contributed by atoms with Crippen LogP contribution >= 0.6 is 11.3 Å². The normalized spacial score (nSPS) is 11.6. The van der Waals surface area contributed by atoms with E-state index >= 15 is 0 Å². The second kappa shape index (κ2) is 6.91. The Morgan fingerprint density at radius 1 is 1.27 bits per heavy atom. The fourth-order valence-electron chi connectivity index (χ4n) is 2.40. The number of nitrogens with one attached hydrogen (secondary N) is 1. The Hall–Kier alpha value is -2.68. The molecule has 0 saturated carbocycles. The summed E-state index contributed by atoms with van der Waals surface area (Å²) < 4.78 is 39.4. The van der Waals surface area contributed by atoms with Crippen molar-refractivity contribution in [3.05, 3.63) is 52.7 Å². The maximum atomic E-state index is 12.6. The molecule has 2 aromatic heterocycles. The molecule has 1 N–H and O–H groups in total. The predicted molar refractivity (Wildman–Crippen MR) is 92.8 cm³/mol. The zero-order chi connectivity index (χ0) is 18.9. The molecule has 0 radical (unpaired) electrons. The van der Waals surface area contributed by atoms with Gasteiger partial charge in [0.2, 0.25) is 5.91 Å². The fourth-order valence-corrected chi connectivity index (χ4v) is 3.23. The van der Waals surface area contributed by atoms with Gasteiger partial charge >= 0.3 is 6.18 Å². The molecule has 3 rings (SSSR count). The Morgan fingerprint density at radius 2 is 1.96 bits per heavy atom. The van der Waals surface area contributed by atoms with Crippen LogP contribution in [0.1, 0.15) is 17.0 Å². The minimum absolute atomic E-state index is 0.0708. The molecular formula is C17H15F3N4OS. The summed E-state index contributed by atoms with van der Waals surface area (Å²) in [5.41, 5.74) is 1.23. The van der Waals surface area contributed by atoms with Crippen molar-refractivity contribution in [1.82, 2.24) is 14.8 Å². The Labute approximate surface area is 151 Å². The van der Waals surface area contributed by atoms with E-state index in [1.165, 1.54) is 23.5 Å². The molecule has 136 valence electrons. The van der Waals surface area contributed by atoms with Crippen molar-refractivity contribution in [1.29, 1.82) is 0 Å². The second-order valence-corrected chi connectivity index (χ2v) is 6.60. The first-order chi connectivity index (χ1) is 12.2. The minimum Gasteiger partial charge on any atom is -0.311 e. The summed E-state index contributed by atoms with van der Waals surface area (Å²) in [6.45, 7) is 1.83. The number of halogens is 3. The highest BCUT2D eigenvalue weighted by atomic mass is 32.1. The summed E-state index contributed by atoms with van der Waals surface area (Å²) in [6.07, 6.45) is -4.30. The number of alkyl halides is 3. The van der Waals surface area contributed by atoms with Gasteiger partial charge in [-0.25, -0.2) is 4.98 Å². The largest absolute Gasteiger partial charge is 0.416 e. The molecule has 0 aliphatic rings. The number of carbonyl (C=O) groups is 1. The number of anilines is 1. The van der Waals surface area contributed by atoms with Gasteiger partial charge in [0.1, 0.15) is 10.8 Å². The molecule has 0 unspecified atom stereocenters. The number of aryl methyl sites for hydroxylation is 2. The standard InChI is InChI=1S/C17H15F3N4OS/c1-10-7-14(24(2)23-10)22-15(25)8-13-9-26-16(21-13)11-3-5-12(6-4-11)17(18,19)20/h3-7,9H,8H2,1-2H3,(H,22,25). The monoisotopic (exact) mass is 380 g/mol. The average Bonchev–Trinajstić information content (AvgIpc) is 3.13. The number of rotatable bonds is 4. The van der Waals surface area contributed by atoms with Gasteiger partial charge in [0.15, 0.2) is 0 Å². The van der Waals surface area contributed by atoms with Crippen LogP contribution < -0.4 is 5.32 Å². The van der Waals surface area contributed by atoms with E-state index in [2.05, 4.69) is 15.4 Å². The number of thiazole rings is 1. The smallest absolute Gasteiger partial charge is 0.311 e. The molecule has 0 atom stereocenters. The fraction of sp³-hybridized carbons (Fsp3) is 0.235. The Morgan fingerprint density at radius 3 is 2.54 bits per heavy atom. The van der Waals surface area contributed by atoms with Crippen LogP contribution in [0.25, 0.3) is 10.6 Å². The van der Waals surface area contributed by atoms with Gasteiger partial charge in [0.25, 0.3) is 0 Å². The van der Waals surface area contributed by atoms with Gasteiger partial charge in [-0.1, -0.05) is 12.1 Å². The van der Waals surface area contributed by atoms with E-state index in [9.17, 15) is 18.0 Å². The van der Waals surface area contributed by atoms with Crippen LogP contribution in [-0.4, -0.2) is 20.7 Å². The van der Waals surface area contributed by atoms with Gasteiger partial charge < -0.3 is 5.32 Å². The molecular weight excluding hydrogens is 365 g/mol. The van der Waals surface area contributed by atoms with Crippen molar-refractivity contribution < 1.29 is 18.0 Å². The van der Waals surface area contributed by atoms with Crippen LogP contribution in [0.15, 0.2) is 35.7 Å². The Bertz CT molecular complexity index is 928. The molecule has 1 amide bonds. The number of hydrogen-bond acceptors (Lipinski definition) is 4. The van der Waals surface area contributed by atoms with Gasteiger partial charge in [-0.15, -0.1) is 11.3 Å². The van der Waals surface area contributed by atoms with Crippen molar-refractivity contribution in [3.8, 4) is 10.6 Å². The van der Waals surface area contributed by atoms with E-state index in [0.717, 1.165) is 17.8 Å². The van der Waals surface area contributed by atoms with Crippen LogP contribution in [0.5, 0.6) is 0 Å². The van der Waals surface area contributed by atoms with Crippen LogP contribution in [0.4, 0.5) is 19.0 Å². The molecule has 1 aromatic carbocycles. The van der Waals surface area contributed by atoms with E-state index in [1.807, 2.05) is 6.92 Å². The lowest BCUT2D eigenvalue weighted by Gasteiger charge is -2.06. The zero-order valence-corrected chi connectivity index (χ0v) is 14.8.